The first kappa shape index (κ1) is 16.4. The van der Waals surface area contributed by atoms with E-state index in [1.54, 1.807) is 6.07 Å². The van der Waals surface area contributed by atoms with Crippen molar-refractivity contribution in [2.24, 2.45) is 0 Å². The van der Waals surface area contributed by atoms with Crippen LogP contribution in [0.4, 0.5) is 0 Å². The van der Waals surface area contributed by atoms with Crippen molar-refractivity contribution in [3.8, 4) is 0 Å². The minimum Gasteiger partial charge on any atom is -0.394 e. The fourth-order valence-corrected chi connectivity index (χ4v) is 2.39. The molecule has 1 heterocycles. The molecular weight excluding hydrogens is 268 g/mol. The molecule has 0 saturated heterocycles. The second-order valence-corrected chi connectivity index (χ2v) is 4.94. The summed E-state index contributed by atoms with van der Waals surface area (Å²) < 4.78 is 5.61. The van der Waals surface area contributed by atoms with Crippen LogP contribution >= 0.6 is 11.6 Å². The highest BCUT2D eigenvalue weighted by atomic mass is 35.5. The van der Waals surface area contributed by atoms with Gasteiger partial charge in [0.15, 0.2) is 0 Å². The van der Waals surface area contributed by atoms with E-state index >= 15 is 0 Å². The number of aliphatic hydroxyl groups is 3. The third-order valence-corrected chi connectivity index (χ3v) is 3.46. The van der Waals surface area contributed by atoms with Gasteiger partial charge in [0.1, 0.15) is 6.10 Å². The molecule has 3 N–H and O–H groups in total. The normalized spacial score (nSPS) is 21.2. The Morgan fingerprint density at radius 2 is 2.05 bits per heavy atom. The van der Waals surface area contributed by atoms with Crippen LogP contribution in [0.25, 0.3) is 0 Å². The molecular formula is C14H21ClO4. The number of aliphatic hydroxyl groups excluding tert-OH is 3. The summed E-state index contributed by atoms with van der Waals surface area (Å²) in [5.41, 5.74) is 2.11. The van der Waals surface area contributed by atoms with E-state index in [0.29, 0.717) is 11.6 Å². The third-order valence-electron chi connectivity index (χ3n) is 3.23. The number of halogens is 1. The minimum atomic E-state index is -1.13. The molecule has 3 atom stereocenters. The van der Waals surface area contributed by atoms with Crippen molar-refractivity contribution in [2.45, 2.75) is 38.6 Å². The Morgan fingerprint density at radius 1 is 1.32 bits per heavy atom. The van der Waals surface area contributed by atoms with Gasteiger partial charge in [0.05, 0.1) is 25.4 Å². The Morgan fingerprint density at radius 3 is 2.74 bits per heavy atom. The lowest BCUT2D eigenvalue weighted by Crippen LogP contribution is -2.32. The Bertz CT molecular complexity index is 410. The summed E-state index contributed by atoms with van der Waals surface area (Å²) >= 11 is 5.94. The van der Waals surface area contributed by atoms with Crippen LogP contribution < -0.4 is 0 Å². The molecule has 0 spiro atoms. The lowest BCUT2D eigenvalue weighted by atomic mass is 9.93. The summed E-state index contributed by atoms with van der Waals surface area (Å²) in [6, 6.07) is 5.58. The standard InChI is InChI=1S/C13H17ClO4.CH4/c14-9-1-2-10-8(5-9)3-4-18-13(10)6-11(16)12(17)7-15;/h1-2,5,11-13,15-17H,3-4,6-7H2;1H4. The van der Waals surface area contributed by atoms with E-state index in [1.165, 1.54) is 0 Å². The summed E-state index contributed by atoms with van der Waals surface area (Å²) in [4.78, 5) is 0. The molecule has 5 heteroatoms. The summed E-state index contributed by atoms with van der Waals surface area (Å²) in [5, 5.41) is 28.6. The highest BCUT2D eigenvalue weighted by molar-refractivity contribution is 6.30. The summed E-state index contributed by atoms with van der Waals surface area (Å²) in [5.74, 6) is 0. The van der Waals surface area contributed by atoms with Gasteiger partial charge in [-0.05, 0) is 29.7 Å². The van der Waals surface area contributed by atoms with Gasteiger partial charge in [0.25, 0.3) is 0 Å². The number of hydrogen-bond acceptors (Lipinski definition) is 4. The molecule has 0 aromatic heterocycles. The van der Waals surface area contributed by atoms with Crippen molar-refractivity contribution in [1.29, 1.82) is 0 Å². The molecule has 108 valence electrons. The lowest BCUT2D eigenvalue weighted by Gasteiger charge is -2.29. The van der Waals surface area contributed by atoms with Crippen LogP contribution in [0.3, 0.4) is 0 Å². The Labute approximate surface area is 118 Å². The summed E-state index contributed by atoms with van der Waals surface area (Å²) in [6.07, 6.45) is -1.34. The molecule has 0 fully saturated rings. The lowest BCUT2D eigenvalue weighted by molar-refractivity contribution is -0.0552. The van der Waals surface area contributed by atoms with Crippen molar-refractivity contribution in [3.05, 3.63) is 34.3 Å². The molecule has 3 unspecified atom stereocenters. The van der Waals surface area contributed by atoms with E-state index in [2.05, 4.69) is 0 Å². The number of rotatable bonds is 4. The Kier molecular flexibility index (Phi) is 6.23. The first-order valence-corrected chi connectivity index (χ1v) is 6.36. The van der Waals surface area contributed by atoms with E-state index in [4.69, 9.17) is 21.4 Å². The van der Waals surface area contributed by atoms with Crippen LogP contribution in [0.1, 0.15) is 31.1 Å². The Balaban J connectivity index is 0.00000180. The van der Waals surface area contributed by atoms with Crippen LogP contribution in [0.2, 0.25) is 5.02 Å². The number of fused-ring (bicyclic) bond motifs is 1. The molecule has 1 aromatic rings. The zero-order chi connectivity index (χ0) is 13.1. The van der Waals surface area contributed by atoms with Gasteiger partial charge in [-0.1, -0.05) is 25.1 Å². The maximum atomic E-state index is 9.73. The second-order valence-electron chi connectivity index (χ2n) is 4.51. The first-order chi connectivity index (χ1) is 8.61. The van der Waals surface area contributed by atoms with Gasteiger partial charge in [-0.15, -0.1) is 0 Å². The van der Waals surface area contributed by atoms with E-state index in [-0.39, 0.29) is 20.0 Å². The van der Waals surface area contributed by atoms with Gasteiger partial charge >= 0.3 is 0 Å². The minimum absolute atomic E-state index is 0. The molecule has 1 aromatic carbocycles. The van der Waals surface area contributed by atoms with E-state index < -0.39 is 18.8 Å². The van der Waals surface area contributed by atoms with E-state index in [0.717, 1.165) is 17.5 Å². The maximum Gasteiger partial charge on any atom is 0.103 e. The van der Waals surface area contributed by atoms with Crippen molar-refractivity contribution >= 4 is 11.6 Å². The van der Waals surface area contributed by atoms with E-state index in [9.17, 15) is 10.2 Å². The van der Waals surface area contributed by atoms with E-state index in [1.807, 2.05) is 12.1 Å². The van der Waals surface area contributed by atoms with Crippen molar-refractivity contribution in [2.75, 3.05) is 13.2 Å². The highest BCUT2D eigenvalue weighted by Gasteiger charge is 2.26. The monoisotopic (exact) mass is 288 g/mol. The zero-order valence-corrected chi connectivity index (χ0v) is 10.7. The largest absolute Gasteiger partial charge is 0.394 e. The topological polar surface area (TPSA) is 69.9 Å². The summed E-state index contributed by atoms with van der Waals surface area (Å²) in [6.45, 7) is 0.112. The second kappa shape index (κ2) is 7.22. The average Bonchev–Trinajstić information content (AvgIpc) is 2.37. The predicted octanol–water partition coefficient (Wildman–Crippen LogP) is 1.69. The van der Waals surface area contributed by atoms with Gasteiger partial charge < -0.3 is 20.1 Å². The van der Waals surface area contributed by atoms with Crippen molar-refractivity contribution in [1.82, 2.24) is 0 Å². The van der Waals surface area contributed by atoms with Gasteiger partial charge in [-0.25, -0.2) is 0 Å². The van der Waals surface area contributed by atoms with Gasteiger partial charge in [-0.3, -0.25) is 0 Å². The zero-order valence-electron chi connectivity index (χ0n) is 9.92. The molecule has 0 bridgehead atoms. The Hall–Kier alpha value is -0.650. The molecule has 0 saturated carbocycles. The molecule has 19 heavy (non-hydrogen) atoms. The van der Waals surface area contributed by atoms with Crippen LogP contribution in [-0.2, 0) is 11.2 Å². The first-order valence-electron chi connectivity index (χ1n) is 5.98. The molecule has 0 aliphatic carbocycles. The SMILES string of the molecule is C.OCC(O)C(O)CC1OCCc2cc(Cl)ccc21. The number of hydrogen-bond donors (Lipinski definition) is 3. The molecule has 1 aliphatic rings. The van der Waals surface area contributed by atoms with Crippen LogP contribution in [0.5, 0.6) is 0 Å². The van der Waals surface area contributed by atoms with Gasteiger partial charge in [-0.2, -0.15) is 0 Å². The summed E-state index contributed by atoms with van der Waals surface area (Å²) in [7, 11) is 0. The quantitative estimate of drug-likeness (QED) is 0.789. The average molecular weight is 289 g/mol. The molecule has 0 radical (unpaired) electrons. The molecule has 0 amide bonds. The predicted molar refractivity (Wildman–Crippen MR) is 74.3 cm³/mol. The van der Waals surface area contributed by atoms with Crippen LogP contribution in [0.15, 0.2) is 18.2 Å². The molecule has 4 nitrogen and oxygen atoms in total. The molecule has 1 aliphatic heterocycles. The van der Waals surface area contributed by atoms with Crippen molar-refractivity contribution in [3.63, 3.8) is 0 Å². The van der Waals surface area contributed by atoms with Crippen LogP contribution in [-0.4, -0.2) is 40.7 Å². The van der Waals surface area contributed by atoms with Gasteiger partial charge in [0, 0.05) is 11.4 Å². The van der Waals surface area contributed by atoms with Crippen LogP contribution in [0, 0.1) is 0 Å². The van der Waals surface area contributed by atoms with Gasteiger partial charge in [0.2, 0.25) is 0 Å². The highest BCUT2D eigenvalue weighted by Crippen LogP contribution is 2.32. The number of ether oxygens (including phenoxy) is 1. The fourth-order valence-electron chi connectivity index (χ4n) is 2.20. The smallest absolute Gasteiger partial charge is 0.103 e. The maximum absolute atomic E-state index is 9.73. The molecule has 2 rings (SSSR count). The van der Waals surface area contributed by atoms with Crippen molar-refractivity contribution < 1.29 is 20.1 Å². The fraction of sp³-hybridized carbons (Fsp3) is 0.571. The third kappa shape index (κ3) is 3.91. The number of benzene rings is 1.